The number of aromatic nitrogens is 4. The zero-order valence-electron chi connectivity index (χ0n) is 16.2. The van der Waals surface area contributed by atoms with Gasteiger partial charge in [-0.05, 0) is 24.3 Å². The van der Waals surface area contributed by atoms with Gasteiger partial charge in [0.05, 0.1) is 22.0 Å². The highest BCUT2D eigenvalue weighted by atomic mass is 35.5. The molecule has 1 aromatic carbocycles. The molecule has 0 aliphatic heterocycles. The number of hydrogen-bond donors (Lipinski definition) is 3. The number of hydrogen-bond acceptors (Lipinski definition) is 7. The van der Waals surface area contributed by atoms with Crippen LogP contribution in [0.25, 0.3) is 16.2 Å². The van der Waals surface area contributed by atoms with Crippen molar-refractivity contribution in [3.8, 4) is 10.6 Å². The molecule has 0 unspecified atom stereocenters. The molecular formula is C20H20ClN7S. The van der Waals surface area contributed by atoms with Crippen LogP contribution in [0.3, 0.4) is 0 Å². The van der Waals surface area contributed by atoms with E-state index in [2.05, 4.69) is 36.3 Å². The molecule has 0 fully saturated rings. The molecular weight excluding hydrogens is 406 g/mol. The normalized spacial score (nSPS) is 11.7. The lowest BCUT2D eigenvalue weighted by molar-refractivity contribution is 0.573. The lowest BCUT2D eigenvalue weighted by Crippen LogP contribution is -2.11. The fraction of sp³-hybridized carbons (Fsp3) is 0.200. The Bertz CT molecular complexity index is 1220. The van der Waals surface area contributed by atoms with Gasteiger partial charge in [0.2, 0.25) is 5.13 Å². The highest BCUT2D eigenvalue weighted by Crippen LogP contribution is 2.35. The Morgan fingerprint density at radius 3 is 2.76 bits per heavy atom. The molecule has 9 heteroatoms. The quantitative estimate of drug-likeness (QED) is 0.310. The molecule has 3 heterocycles. The fourth-order valence-corrected chi connectivity index (χ4v) is 3.94. The first-order valence-electron chi connectivity index (χ1n) is 8.95. The minimum atomic E-state index is -0.0460. The summed E-state index contributed by atoms with van der Waals surface area (Å²) in [5.74, 6) is 0. The van der Waals surface area contributed by atoms with Crippen molar-refractivity contribution in [1.82, 2.24) is 19.6 Å². The first-order chi connectivity index (χ1) is 13.8. The van der Waals surface area contributed by atoms with Crippen LogP contribution >= 0.6 is 22.9 Å². The van der Waals surface area contributed by atoms with Gasteiger partial charge in [-0.2, -0.15) is 0 Å². The molecule has 4 N–H and O–H groups in total. The average Bonchev–Trinajstić information content (AvgIpc) is 3.31. The summed E-state index contributed by atoms with van der Waals surface area (Å²) in [5.41, 5.74) is 10.1. The van der Waals surface area contributed by atoms with E-state index >= 15 is 0 Å². The van der Waals surface area contributed by atoms with Crippen LogP contribution in [0.1, 0.15) is 32.0 Å². The second-order valence-corrected chi connectivity index (χ2v) is 9.00. The third-order valence-electron chi connectivity index (χ3n) is 4.51. The van der Waals surface area contributed by atoms with E-state index in [1.54, 1.807) is 12.1 Å². The smallest absolute Gasteiger partial charge is 0.210 e. The summed E-state index contributed by atoms with van der Waals surface area (Å²) in [5, 5.41) is 21.0. The molecule has 0 atom stereocenters. The van der Waals surface area contributed by atoms with Crippen molar-refractivity contribution < 1.29 is 0 Å². The zero-order valence-corrected chi connectivity index (χ0v) is 17.8. The Morgan fingerprint density at radius 2 is 2.03 bits per heavy atom. The number of nitrogen functional groups attached to an aromatic ring is 1. The van der Waals surface area contributed by atoms with Crippen molar-refractivity contribution in [2.45, 2.75) is 26.2 Å². The molecule has 0 radical (unpaired) electrons. The highest BCUT2D eigenvalue weighted by Gasteiger charge is 2.20. The molecule has 4 rings (SSSR count). The fourth-order valence-electron chi connectivity index (χ4n) is 2.89. The van der Waals surface area contributed by atoms with Gasteiger partial charge in [0.15, 0.2) is 5.01 Å². The van der Waals surface area contributed by atoms with Crippen LogP contribution in [0.2, 0.25) is 5.02 Å². The predicted octanol–water partition coefficient (Wildman–Crippen LogP) is 5.13. The van der Waals surface area contributed by atoms with Crippen molar-refractivity contribution in [1.29, 1.82) is 5.41 Å². The summed E-state index contributed by atoms with van der Waals surface area (Å²) in [6.07, 6.45) is 5.17. The van der Waals surface area contributed by atoms with E-state index < -0.39 is 0 Å². The number of nitrogens with one attached hydrogen (secondary N) is 2. The summed E-state index contributed by atoms with van der Waals surface area (Å²) in [7, 11) is 0. The molecule has 0 saturated heterocycles. The summed E-state index contributed by atoms with van der Waals surface area (Å²) in [6, 6.07) is 7.42. The predicted molar refractivity (Wildman–Crippen MR) is 120 cm³/mol. The summed E-state index contributed by atoms with van der Waals surface area (Å²) < 4.78 is 2.01. The van der Waals surface area contributed by atoms with E-state index in [9.17, 15) is 0 Å². The molecule has 0 spiro atoms. The van der Waals surface area contributed by atoms with Gasteiger partial charge in [-0.1, -0.05) is 43.7 Å². The van der Waals surface area contributed by atoms with Crippen LogP contribution in [0.15, 0.2) is 36.7 Å². The number of nitrogens with zero attached hydrogens (tertiary/aromatic N) is 4. The number of anilines is 3. The van der Waals surface area contributed by atoms with Crippen LogP contribution in [-0.2, 0) is 5.41 Å². The standard InChI is InChI=1S/C20H20ClN7S/c1-20(2,3)15-10-28-8-4-5-11(17(28)25-15)18-26-27-19(29-18)24-14-7-6-13(23)12(9-22)16(14)21/h4-10,22H,23H2,1-3H3,(H,24,27). The van der Waals surface area contributed by atoms with Gasteiger partial charge in [-0.15, -0.1) is 10.2 Å². The van der Waals surface area contributed by atoms with Crippen LogP contribution < -0.4 is 11.1 Å². The van der Waals surface area contributed by atoms with E-state index in [4.69, 9.17) is 27.7 Å². The van der Waals surface area contributed by atoms with Gasteiger partial charge >= 0.3 is 0 Å². The third kappa shape index (κ3) is 3.56. The van der Waals surface area contributed by atoms with Crippen LogP contribution in [0.4, 0.5) is 16.5 Å². The Labute approximate surface area is 177 Å². The second kappa shape index (κ2) is 7.13. The monoisotopic (exact) mass is 425 g/mol. The van der Waals surface area contributed by atoms with Gasteiger partial charge in [-0.25, -0.2) is 4.98 Å². The van der Waals surface area contributed by atoms with Gasteiger partial charge in [0, 0.05) is 35.3 Å². The number of benzene rings is 1. The van der Waals surface area contributed by atoms with Crippen molar-refractivity contribution in [2.24, 2.45) is 0 Å². The number of halogens is 1. The molecule has 29 heavy (non-hydrogen) atoms. The first-order valence-corrected chi connectivity index (χ1v) is 10.1. The largest absolute Gasteiger partial charge is 0.398 e. The topological polar surface area (TPSA) is 105 Å². The van der Waals surface area contributed by atoms with Gasteiger partial charge < -0.3 is 20.9 Å². The summed E-state index contributed by atoms with van der Waals surface area (Å²) >= 11 is 7.77. The molecule has 0 bridgehead atoms. The molecule has 0 aliphatic rings. The lowest BCUT2D eigenvalue weighted by Gasteiger charge is -2.13. The maximum Gasteiger partial charge on any atom is 0.210 e. The molecule has 148 valence electrons. The van der Waals surface area contributed by atoms with Crippen molar-refractivity contribution in [3.63, 3.8) is 0 Å². The average molecular weight is 426 g/mol. The number of imidazole rings is 1. The molecule has 7 nitrogen and oxygen atoms in total. The molecule has 4 aromatic rings. The summed E-state index contributed by atoms with van der Waals surface area (Å²) in [6.45, 7) is 6.42. The molecule has 0 saturated carbocycles. The summed E-state index contributed by atoms with van der Waals surface area (Å²) in [4.78, 5) is 4.82. The van der Waals surface area contributed by atoms with Crippen LogP contribution in [0, 0.1) is 5.41 Å². The van der Waals surface area contributed by atoms with E-state index in [1.807, 2.05) is 28.9 Å². The van der Waals surface area contributed by atoms with Crippen LogP contribution in [-0.4, -0.2) is 25.8 Å². The highest BCUT2D eigenvalue weighted by molar-refractivity contribution is 7.18. The Morgan fingerprint density at radius 1 is 1.24 bits per heavy atom. The van der Waals surface area contributed by atoms with E-state index in [0.29, 0.717) is 27.1 Å². The van der Waals surface area contributed by atoms with Gasteiger partial charge in [-0.3, -0.25) is 0 Å². The minimum absolute atomic E-state index is 0.0460. The zero-order chi connectivity index (χ0) is 20.8. The second-order valence-electron chi connectivity index (χ2n) is 7.64. The van der Waals surface area contributed by atoms with Gasteiger partial charge in [0.1, 0.15) is 5.65 Å². The van der Waals surface area contributed by atoms with E-state index in [0.717, 1.165) is 28.1 Å². The minimum Gasteiger partial charge on any atom is -0.398 e. The van der Waals surface area contributed by atoms with Crippen molar-refractivity contribution >= 4 is 51.3 Å². The number of rotatable bonds is 4. The Balaban J connectivity index is 1.70. The maximum atomic E-state index is 7.49. The Kier molecular flexibility index (Phi) is 4.76. The van der Waals surface area contributed by atoms with Crippen molar-refractivity contribution in [3.05, 3.63) is 52.9 Å². The lowest BCUT2D eigenvalue weighted by atomic mass is 9.93. The van der Waals surface area contributed by atoms with Crippen molar-refractivity contribution in [2.75, 3.05) is 11.1 Å². The molecule has 3 aromatic heterocycles. The first kappa shape index (κ1) is 19.4. The number of nitrogens with two attached hydrogens (primary N) is 1. The van der Waals surface area contributed by atoms with Crippen LogP contribution in [0.5, 0.6) is 0 Å². The van der Waals surface area contributed by atoms with E-state index in [1.165, 1.54) is 11.3 Å². The third-order valence-corrected chi connectivity index (χ3v) is 5.79. The number of pyridine rings is 1. The SMILES string of the molecule is CC(C)(C)c1cn2cccc(-c3nnc(Nc4ccc(N)c(C=N)c4Cl)s3)c2n1. The molecule has 0 amide bonds. The number of fused-ring (bicyclic) bond motifs is 1. The Hall–Kier alpha value is -2.97. The molecule has 0 aliphatic carbocycles. The van der Waals surface area contributed by atoms with Gasteiger partial charge in [0.25, 0.3) is 0 Å². The maximum absolute atomic E-state index is 7.49. The van der Waals surface area contributed by atoms with E-state index in [-0.39, 0.29) is 5.41 Å².